The first-order valence-corrected chi connectivity index (χ1v) is 4.60. The van der Waals surface area contributed by atoms with Crippen LogP contribution in [0.4, 0.5) is 8.78 Å². The Morgan fingerprint density at radius 2 is 2.40 bits per heavy atom. The largest absolute Gasteiger partial charge is 0.461 e. The van der Waals surface area contributed by atoms with Gasteiger partial charge in [-0.3, -0.25) is 4.68 Å². The topological polar surface area (TPSA) is 44.1 Å². The lowest BCUT2D eigenvalue weighted by molar-refractivity contribution is 0.0516. The van der Waals surface area contributed by atoms with Crippen LogP contribution in [0, 0.1) is 0 Å². The average Bonchev–Trinajstić information content (AvgIpc) is 2.46. The molecule has 0 radical (unpaired) electrons. The number of alkyl halides is 2. The van der Waals surface area contributed by atoms with Crippen LogP contribution in [0.1, 0.15) is 17.4 Å². The summed E-state index contributed by atoms with van der Waals surface area (Å²) in [5.74, 6) is -0.712. The Bertz CT molecular complexity index is 354. The molecule has 0 unspecified atom stereocenters. The van der Waals surface area contributed by atoms with E-state index in [-0.39, 0.29) is 17.3 Å². The smallest absolute Gasteiger partial charge is 0.360 e. The van der Waals surface area contributed by atoms with Crippen LogP contribution >= 0.6 is 11.6 Å². The van der Waals surface area contributed by atoms with E-state index in [0.29, 0.717) is 0 Å². The fourth-order valence-corrected chi connectivity index (χ4v) is 1.20. The fourth-order valence-electron chi connectivity index (χ4n) is 0.970. The van der Waals surface area contributed by atoms with Gasteiger partial charge in [0.2, 0.25) is 0 Å². The number of nitrogens with zero attached hydrogens (tertiary/aromatic N) is 2. The van der Waals surface area contributed by atoms with Crippen LogP contribution < -0.4 is 0 Å². The molecule has 7 heteroatoms. The van der Waals surface area contributed by atoms with E-state index in [1.54, 1.807) is 6.92 Å². The Hall–Kier alpha value is -1.17. The first kappa shape index (κ1) is 11.9. The summed E-state index contributed by atoms with van der Waals surface area (Å²) in [6.07, 6.45) is -1.38. The molecule has 0 aliphatic heterocycles. The van der Waals surface area contributed by atoms with Crippen molar-refractivity contribution in [3.8, 4) is 0 Å². The Kier molecular flexibility index (Phi) is 4.02. The van der Waals surface area contributed by atoms with Crippen molar-refractivity contribution < 1.29 is 18.3 Å². The Morgan fingerprint density at radius 1 is 1.73 bits per heavy atom. The molecule has 0 saturated heterocycles. The van der Waals surface area contributed by atoms with Crippen molar-refractivity contribution in [1.82, 2.24) is 9.78 Å². The van der Waals surface area contributed by atoms with Crippen LogP contribution in [0.3, 0.4) is 0 Å². The number of halogens is 3. The minimum atomic E-state index is -2.55. The average molecular weight is 239 g/mol. The highest BCUT2D eigenvalue weighted by atomic mass is 35.5. The molecule has 15 heavy (non-hydrogen) atoms. The van der Waals surface area contributed by atoms with Gasteiger partial charge in [0, 0.05) is 6.20 Å². The van der Waals surface area contributed by atoms with E-state index in [0.717, 1.165) is 4.68 Å². The second-order valence-corrected chi connectivity index (χ2v) is 3.07. The first-order valence-electron chi connectivity index (χ1n) is 4.22. The van der Waals surface area contributed by atoms with Crippen LogP contribution in [0.2, 0.25) is 5.02 Å². The Balaban J connectivity index is 2.81. The molecule has 84 valence electrons. The van der Waals surface area contributed by atoms with Gasteiger partial charge in [0.1, 0.15) is 6.54 Å². The lowest BCUT2D eigenvalue weighted by Crippen LogP contribution is -2.10. The number of hydrogen-bond donors (Lipinski definition) is 0. The molecule has 0 N–H and O–H groups in total. The molecule has 0 atom stereocenters. The highest BCUT2D eigenvalue weighted by Crippen LogP contribution is 2.15. The molecule has 1 aromatic rings. The van der Waals surface area contributed by atoms with Crippen molar-refractivity contribution >= 4 is 17.6 Å². The third kappa shape index (κ3) is 3.16. The summed E-state index contributed by atoms with van der Waals surface area (Å²) in [6, 6.07) is 0. The van der Waals surface area contributed by atoms with Gasteiger partial charge in [-0.05, 0) is 6.92 Å². The highest BCUT2D eigenvalue weighted by Gasteiger charge is 2.17. The maximum Gasteiger partial charge on any atom is 0.360 e. The van der Waals surface area contributed by atoms with Crippen molar-refractivity contribution in [2.45, 2.75) is 19.9 Å². The van der Waals surface area contributed by atoms with Crippen molar-refractivity contribution in [1.29, 1.82) is 0 Å². The molecule has 0 amide bonds. The molecular weight excluding hydrogens is 230 g/mol. The number of aromatic nitrogens is 2. The summed E-state index contributed by atoms with van der Waals surface area (Å²) >= 11 is 5.63. The Labute approximate surface area is 89.8 Å². The highest BCUT2D eigenvalue weighted by molar-refractivity contribution is 6.33. The molecular formula is C8H9ClF2N2O2. The fraction of sp³-hybridized carbons (Fsp3) is 0.500. The third-order valence-corrected chi connectivity index (χ3v) is 1.79. The van der Waals surface area contributed by atoms with E-state index < -0.39 is 18.9 Å². The van der Waals surface area contributed by atoms with Crippen molar-refractivity contribution in [2.24, 2.45) is 0 Å². The number of carbonyl (C=O) groups excluding carboxylic acids is 1. The summed E-state index contributed by atoms with van der Waals surface area (Å²) in [4.78, 5) is 11.2. The van der Waals surface area contributed by atoms with Gasteiger partial charge in [-0.15, -0.1) is 0 Å². The van der Waals surface area contributed by atoms with E-state index in [1.165, 1.54) is 6.20 Å². The van der Waals surface area contributed by atoms with Gasteiger partial charge < -0.3 is 4.74 Å². The first-order chi connectivity index (χ1) is 7.04. The lowest BCUT2D eigenvalue weighted by atomic mass is 10.4. The minimum Gasteiger partial charge on any atom is -0.461 e. The SMILES string of the molecule is CCOC(=O)c1nn(CC(F)F)cc1Cl. The normalized spacial score (nSPS) is 10.7. The lowest BCUT2D eigenvalue weighted by Gasteiger charge is -1.99. The summed E-state index contributed by atoms with van der Waals surface area (Å²) in [7, 11) is 0. The summed E-state index contributed by atoms with van der Waals surface area (Å²) in [6.45, 7) is 1.21. The van der Waals surface area contributed by atoms with Crippen LogP contribution in [-0.4, -0.2) is 28.8 Å². The number of hydrogen-bond acceptors (Lipinski definition) is 3. The van der Waals surface area contributed by atoms with Gasteiger partial charge in [0.15, 0.2) is 5.69 Å². The monoisotopic (exact) mass is 238 g/mol. The molecule has 1 heterocycles. The number of esters is 1. The molecule has 4 nitrogen and oxygen atoms in total. The molecule has 0 bridgehead atoms. The standard InChI is InChI=1S/C8H9ClF2N2O2/c1-2-15-8(14)7-5(9)3-13(12-7)4-6(10)11/h3,6H,2,4H2,1H3. The predicted molar refractivity (Wildman–Crippen MR) is 49.2 cm³/mol. The van der Waals surface area contributed by atoms with Gasteiger partial charge in [0.25, 0.3) is 6.43 Å². The van der Waals surface area contributed by atoms with E-state index >= 15 is 0 Å². The molecule has 0 spiro atoms. The van der Waals surface area contributed by atoms with Gasteiger partial charge in [-0.2, -0.15) is 5.10 Å². The van der Waals surface area contributed by atoms with Gasteiger partial charge in [-0.25, -0.2) is 13.6 Å². The number of carbonyl (C=O) groups is 1. The van der Waals surface area contributed by atoms with E-state index in [4.69, 9.17) is 11.6 Å². The van der Waals surface area contributed by atoms with Crippen LogP contribution in [0.5, 0.6) is 0 Å². The van der Waals surface area contributed by atoms with Crippen LogP contribution in [0.25, 0.3) is 0 Å². The maximum atomic E-state index is 12.0. The molecule has 0 aliphatic rings. The van der Waals surface area contributed by atoms with Gasteiger partial charge in [-0.1, -0.05) is 11.6 Å². The predicted octanol–water partition coefficient (Wildman–Crippen LogP) is 1.98. The zero-order valence-electron chi connectivity index (χ0n) is 7.91. The third-order valence-electron chi connectivity index (χ3n) is 1.51. The maximum absolute atomic E-state index is 12.0. The van der Waals surface area contributed by atoms with E-state index in [1.807, 2.05) is 0 Å². The van der Waals surface area contributed by atoms with E-state index in [9.17, 15) is 13.6 Å². The van der Waals surface area contributed by atoms with Crippen molar-refractivity contribution in [3.05, 3.63) is 16.9 Å². The molecule has 1 aromatic heterocycles. The molecule has 0 aromatic carbocycles. The van der Waals surface area contributed by atoms with Crippen molar-refractivity contribution in [3.63, 3.8) is 0 Å². The molecule has 0 saturated carbocycles. The summed E-state index contributed by atoms with van der Waals surface area (Å²) in [5, 5.41) is 3.61. The number of ether oxygens (including phenoxy) is 1. The van der Waals surface area contributed by atoms with Gasteiger partial charge >= 0.3 is 5.97 Å². The second-order valence-electron chi connectivity index (χ2n) is 2.66. The quantitative estimate of drug-likeness (QED) is 0.754. The molecule has 0 aliphatic carbocycles. The van der Waals surface area contributed by atoms with Crippen LogP contribution in [0.15, 0.2) is 6.20 Å². The Morgan fingerprint density at radius 3 is 2.93 bits per heavy atom. The zero-order valence-corrected chi connectivity index (χ0v) is 8.67. The van der Waals surface area contributed by atoms with Gasteiger partial charge in [0.05, 0.1) is 11.6 Å². The number of rotatable bonds is 4. The van der Waals surface area contributed by atoms with Crippen molar-refractivity contribution in [2.75, 3.05) is 6.61 Å². The molecule has 1 rings (SSSR count). The molecule has 0 fully saturated rings. The minimum absolute atomic E-state index is 0.00843. The van der Waals surface area contributed by atoms with E-state index in [2.05, 4.69) is 9.84 Å². The summed E-state index contributed by atoms with van der Waals surface area (Å²) < 4.78 is 29.5. The summed E-state index contributed by atoms with van der Waals surface area (Å²) in [5.41, 5.74) is -0.140. The van der Waals surface area contributed by atoms with Crippen LogP contribution in [-0.2, 0) is 11.3 Å². The zero-order chi connectivity index (χ0) is 11.4. The second kappa shape index (κ2) is 5.06.